The van der Waals surface area contributed by atoms with Gasteiger partial charge in [0.2, 0.25) is 5.75 Å². The Morgan fingerprint density at radius 2 is 1.46 bits per heavy atom. The van der Waals surface area contributed by atoms with E-state index in [-0.39, 0.29) is 47.6 Å². The van der Waals surface area contributed by atoms with Gasteiger partial charge in [-0.15, -0.1) is 0 Å². The quantitative estimate of drug-likeness (QED) is 0.162. The highest BCUT2D eigenvalue weighted by molar-refractivity contribution is 5.57. The first-order valence-corrected chi connectivity index (χ1v) is 11.7. The molecule has 0 saturated carbocycles. The lowest BCUT2D eigenvalue weighted by molar-refractivity contribution is -0.390. The van der Waals surface area contributed by atoms with Crippen LogP contribution in [-0.4, -0.2) is 29.1 Å². The van der Waals surface area contributed by atoms with Gasteiger partial charge in [0.05, 0.1) is 14.2 Å². The summed E-state index contributed by atoms with van der Waals surface area (Å²) in [4.78, 5) is 17.7. The third-order valence-corrected chi connectivity index (χ3v) is 5.38. The average molecular weight is 569 g/mol. The molecule has 4 aromatic rings. The van der Waals surface area contributed by atoms with Crippen molar-refractivity contribution in [2.24, 2.45) is 0 Å². The van der Waals surface area contributed by atoms with Crippen LogP contribution >= 0.6 is 0 Å². The summed E-state index contributed by atoms with van der Waals surface area (Å²) in [6.07, 6.45) is 4.73. The fourth-order valence-corrected chi connectivity index (χ4v) is 3.36. The van der Waals surface area contributed by atoms with Crippen LogP contribution in [0.25, 0.3) is 6.08 Å². The van der Waals surface area contributed by atoms with Crippen LogP contribution in [0.4, 0.5) is 20.4 Å². The van der Waals surface area contributed by atoms with Crippen LogP contribution < -0.4 is 24.7 Å². The summed E-state index contributed by atoms with van der Waals surface area (Å²) >= 11 is 0. The molecule has 4 rings (SSSR count). The molecule has 0 radical (unpaired) electrons. The van der Waals surface area contributed by atoms with Crippen LogP contribution in [-0.2, 0) is 6.42 Å². The molecule has 10 nitrogen and oxygen atoms in total. The average Bonchev–Trinajstić information content (AvgIpc) is 2.95. The Labute approximate surface area is 236 Å². The number of nitrogens with zero attached hydrogens (tertiary/aromatic N) is 3. The van der Waals surface area contributed by atoms with Crippen molar-refractivity contribution in [3.05, 3.63) is 100 Å². The van der Waals surface area contributed by atoms with Gasteiger partial charge in [-0.3, -0.25) is 0 Å². The molecule has 2 aromatic carbocycles. The highest BCUT2D eigenvalue weighted by Gasteiger charge is 2.19. The number of aryl methyl sites for hydroxylation is 1. The Morgan fingerprint density at radius 1 is 0.902 bits per heavy atom. The summed E-state index contributed by atoms with van der Waals surface area (Å²) in [6.45, 7) is 5.35. The smallest absolute Gasteiger partial charge is 0.406 e. The monoisotopic (exact) mass is 568 g/mol. The number of pyridine rings is 2. The van der Waals surface area contributed by atoms with Crippen LogP contribution in [0.2, 0.25) is 0 Å². The number of nitrogens with two attached hydrogens (primary N) is 1. The maximum atomic E-state index is 13.8. The maximum absolute atomic E-state index is 13.8. The zero-order valence-corrected chi connectivity index (χ0v) is 21.9. The molecule has 0 aliphatic rings. The fourth-order valence-electron chi connectivity index (χ4n) is 3.36. The molecular weight excluding hydrogens is 538 g/mol. The standard InChI is InChI=1S/C14H11FN2O4.C14H15FN2O2.CH4/c1-3-9-7-12(20-2)13(8-10(9)15)21-11-5-4-6-16-14(11)17(18)19;1-3-9-7-12(18-2)13(8-10(9)15)19-11-5-4-6-17-14(11)16;/h3-8H,1H2,2H3;4-8H,3H2,1-2H3,(H2,16,17);1H4. The molecule has 12 heteroatoms. The molecule has 0 amide bonds. The SMILES string of the molecule is C.C=Cc1cc(OC)c(Oc2cccnc2[N+](=O)[O-])cc1F.CCc1cc(OC)c(Oc2cccnc2N)cc1F. The molecule has 2 N–H and O–H groups in total. The highest BCUT2D eigenvalue weighted by Crippen LogP contribution is 2.37. The first-order valence-electron chi connectivity index (χ1n) is 11.7. The molecule has 0 atom stereocenters. The second-order valence-corrected chi connectivity index (χ2v) is 7.85. The van der Waals surface area contributed by atoms with Crippen molar-refractivity contribution >= 4 is 17.7 Å². The van der Waals surface area contributed by atoms with Gasteiger partial charge < -0.3 is 34.8 Å². The first-order chi connectivity index (χ1) is 19.2. The number of rotatable bonds is 9. The van der Waals surface area contributed by atoms with Crippen LogP contribution in [0, 0.1) is 21.7 Å². The predicted octanol–water partition coefficient (Wildman–Crippen LogP) is 7.38. The minimum atomic E-state index is -0.684. The summed E-state index contributed by atoms with van der Waals surface area (Å²) in [5.41, 5.74) is 6.49. The van der Waals surface area contributed by atoms with Crippen molar-refractivity contribution < 1.29 is 32.7 Å². The predicted molar refractivity (Wildman–Crippen MR) is 152 cm³/mol. The molecule has 0 bridgehead atoms. The summed E-state index contributed by atoms with van der Waals surface area (Å²) in [7, 11) is 2.89. The molecule has 216 valence electrons. The summed E-state index contributed by atoms with van der Waals surface area (Å²) in [5, 5.41) is 10.9. The van der Waals surface area contributed by atoms with Crippen LogP contribution in [0.1, 0.15) is 25.5 Å². The van der Waals surface area contributed by atoms with Gasteiger partial charge in [-0.1, -0.05) is 27.0 Å². The first kappa shape index (κ1) is 32.0. The maximum Gasteiger partial charge on any atom is 0.406 e. The van der Waals surface area contributed by atoms with Crippen LogP contribution in [0.3, 0.4) is 0 Å². The summed E-state index contributed by atoms with van der Waals surface area (Å²) in [5.74, 6) is 0.0981. The summed E-state index contributed by atoms with van der Waals surface area (Å²) in [6, 6.07) is 11.6. The van der Waals surface area contributed by atoms with E-state index in [9.17, 15) is 18.9 Å². The van der Waals surface area contributed by atoms with Crippen molar-refractivity contribution in [1.29, 1.82) is 0 Å². The molecule has 0 saturated heterocycles. The van der Waals surface area contributed by atoms with Crippen molar-refractivity contribution in [2.75, 3.05) is 20.0 Å². The van der Waals surface area contributed by atoms with Crippen LogP contribution in [0.5, 0.6) is 34.5 Å². The minimum Gasteiger partial charge on any atom is -0.493 e. The molecule has 0 aliphatic heterocycles. The number of methoxy groups -OCH3 is 2. The number of ether oxygens (including phenoxy) is 4. The van der Waals surface area contributed by atoms with Gasteiger partial charge in [-0.25, -0.2) is 13.8 Å². The molecule has 0 unspecified atom stereocenters. The minimum absolute atomic E-state index is 0. The van der Waals surface area contributed by atoms with Gasteiger partial charge >= 0.3 is 5.82 Å². The zero-order chi connectivity index (χ0) is 29.2. The Balaban J connectivity index is 0.000000281. The molecule has 41 heavy (non-hydrogen) atoms. The molecule has 2 heterocycles. The lowest BCUT2D eigenvalue weighted by Crippen LogP contribution is -1.98. The van der Waals surface area contributed by atoms with Gasteiger partial charge in [0.25, 0.3) is 0 Å². The third-order valence-electron chi connectivity index (χ3n) is 5.38. The van der Waals surface area contributed by atoms with Gasteiger partial charge in [0.15, 0.2) is 34.6 Å². The summed E-state index contributed by atoms with van der Waals surface area (Å²) < 4.78 is 48.8. The number of nitrogen functional groups attached to an aromatic ring is 1. The molecular formula is C29H30F2N4O6. The lowest BCUT2D eigenvalue weighted by Gasteiger charge is -2.13. The van der Waals surface area contributed by atoms with E-state index in [1.807, 2.05) is 6.92 Å². The second-order valence-electron chi connectivity index (χ2n) is 7.85. The normalized spacial score (nSPS) is 9.88. The van der Waals surface area contributed by atoms with E-state index in [0.717, 1.165) is 6.07 Å². The largest absolute Gasteiger partial charge is 0.493 e. The highest BCUT2D eigenvalue weighted by atomic mass is 19.1. The van der Waals surface area contributed by atoms with E-state index >= 15 is 0 Å². The number of anilines is 1. The van der Waals surface area contributed by atoms with Gasteiger partial charge in [0.1, 0.15) is 17.8 Å². The Hall–Kier alpha value is -5.26. The molecule has 0 aliphatic carbocycles. The van der Waals surface area contributed by atoms with Crippen LogP contribution in [0.15, 0.2) is 67.5 Å². The molecule has 2 aromatic heterocycles. The topological polar surface area (TPSA) is 132 Å². The Bertz CT molecular complexity index is 1520. The van der Waals surface area contributed by atoms with E-state index in [1.54, 1.807) is 24.4 Å². The van der Waals surface area contributed by atoms with Crippen molar-refractivity contribution in [1.82, 2.24) is 9.97 Å². The molecule has 0 fully saturated rings. The fraction of sp³-hybridized carbons (Fsp3) is 0.172. The number of hydrogen-bond donors (Lipinski definition) is 1. The second kappa shape index (κ2) is 14.8. The van der Waals surface area contributed by atoms with Gasteiger partial charge in [-0.05, 0) is 58.3 Å². The lowest BCUT2D eigenvalue weighted by atomic mass is 10.1. The van der Waals surface area contributed by atoms with Crippen molar-refractivity contribution in [3.8, 4) is 34.5 Å². The molecule has 0 spiro atoms. The Morgan fingerprint density at radius 3 is 2.02 bits per heavy atom. The number of hydrogen-bond acceptors (Lipinski definition) is 9. The third kappa shape index (κ3) is 7.88. The van der Waals surface area contributed by atoms with E-state index in [2.05, 4.69) is 16.5 Å². The number of benzene rings is 2. The van der Waals surface area contributed by atoms with Crippen molar-refractivity contribution in [2.45, 2.75) is 20.8 Å². The van der Waals surface area contributed by atoms with E-state index in [4.69, 9.17) is 24.7 Å². The number of nitro groups is 1. The Kier molecular flexibility index (Phi) is 11.5. The van der Waals surface area contributed by atoms with Gasteiger partial charge in [-0.2, -0.15) is 0 Å². The number of aromatic nitrogens is 2. The number of halogens is 2. The van der Waals surface area contributed by atoms with Crippen molar-refractivity contribution in [3.63, 3.8) is 0 Å². The van der Waals surface area contributed by atoms with Gasteiger partial charge in [0, 0.05) is 23.9 Å². The zero-order valence-electron chi connectivity index (χ0n) is 21.9. The van der Waals surface area contributed by atoms with E-state index in [0.29, 0.717) is 23.5 Å². The van der Waals surface area contributed by atoms with E-state index < -0.39 is 16.6 Å². The van der Waals surface area contributed by atoms with E-state index in [1.165, 1.54) is 50.8 Å².